The van der Waals surface area contributed by atoms with Gasteiger partial charge >= 0.3 is 6.18 Å². The van der Waals surface area contributed by atoms with Crippen LogP contribution in [0.2, 0.25) is 0 Å². The minimum absolute atomic E-state index is 0.00543. The maximum atomic E-state index is 12.7. The Morgan fingerprint density at radius 3 is 2.67 bits per heavy atom. The van der Waals surface area contributed by atoms with Crippen molar-refractivity contribution in [3.63, 3.8) is 0 Å². The zero-order valence-electron chi connectivity index (χ0n) is 15.2. The van der Waals surface area contributed by atoms with Gasteiger partial charge in [-0.3, -0.25) is 14.5 Å². The highest BCUT2D eigenvalue weighted by molar-refractivity contribution is 5.78. The van der Waals surface area contributed by atoms with Crippen molar-refractivity contribution in [3.05, 3.63) is 29.8 Å². The minimum Gasteiger partial charge on any atom is -0.484 e. The minimum atomic E-state index is -4.46. The Labute approximate surface area is 156 Å². The van der Waals surface area contributed by atoms with Crippen molar-refractivity contribution in [2.45, 2.75) is 19.5 Å². The van der Waals surface area contributed by atoms with E-state index in [1.165, 1.54) is 12.1 Å². The second kappa shape index (κ2) is 9.59. The van der Waals surface area contributed by atoms with Gasteiger partial charge < -0.3 is 15.0 Å². The SMILES string of the molecule is CCNC(=O)CN1CCCN(C(=O)COc2cccc(C(F)(F)F)c2)CC1. The maximum Gasteiger partial charge on any atom is 0.416 e. The molecule has 1 heterocycles. The van der Waals surface area contributed by atoms with Gasteiger partial charge in [0.2, 0.25) is 5.91 Å². The van der Waals surface area contributed by atoms with Gasteiger partial charge in [-0.2, -0.15) is 13.2 Å². The number of ether oxygens (including phenoxy) is 1. The molecule has 2 rings (SSSR count). The highest BCUT2D eigenvalue weighted by Gasteiger charge is 2.30. The zero-order valence-corrected chi connectivity index (χ0v) is 15.2. The summed E-state index contributed by atoms with van der Waals surface area (Å²) in [6.07, 6.45) is -3.74. The van der Waals surface area contributed by atoms with E-state index in [9.17, 15) is 22.8 Å². The van der Waals surface area contributed by atoms with Crippen molar-refractivity contribution in [3.8, 4) is 5.75 Å². The molecule has 2 amide bonds. The van der Waals surface area contributed by atoms with E-state index in [1.807, 2.05) is 11.8 Å². The monoisotopic (exact) mass is 387 g/mol. The van der Waals surface area contributed by atoms with Crippen molar-refractivity contribution in [2.24, 2.45) is 0 Å². The summed E-state index contributed by atoms with van der Waals surface area (Å²) in [6.45, 7) is 4.63. The quantitative estimate of drug-likeness (QED) is 0.808. The van der Waals surface area contributed by atoms with Gasteiger partial charge in [0, 0.05) is 32.7 Å². The Morgan fingerprint density at radius 1 is 1.19 bits per heavy atom. The average Bonchev–Trinajstić information content (AvgIpc) is 2.85. The molecule has 1 aliphatic heterocycles. The molecule has 0 saturated carbocycles. The average molecular weight is 387 g/mol. The summed E-state index contributed by atoms with van der Waals surface area (Å²) in [5.41, 5.74) is -0.816. The number of carbonyl (C=O) groups is 2. The first-order valence-corrected chi connectivity index (χ1v) is 8.86. The molecule has 0 bridgehead atoms. The lowest BCUT2D eigenvalue weighted by molar-refractivity contribution is -0.137. The molecule has 1 aromatic carbocycles. The van der Waals surface area contributed by atoms with Gasteiger partial charge in [0.05, 0.1) is 12.1 Å². The molecule has 150 valence electrons. The number of benzene rings is 1. The van der Waals surface area contributed by atoms with Crippen LogP contribution in [0.25, 0.3) is 0 Å². The number of carbonyl (C=O) groups excluding carboxylic acids is 2. The highest BCUT2D eigenvalue weighted by atomic mass is 19.4. The highest BCUT2D eigenvalue weighted by Crippen LogP contribution is 2.31. The number of hydrogen-bond acceptors (Lipinski definition) is 4. The number of nitrogens with one attached hydrogen (secondary N) is 1. The zero-order chi connectivity index (χ0) is 19.9. The van der Waals surface area contributed by atoms with Crippen LogP contribution in [-0.4, -0.2) is 67.5 Å². The Bertz CT molecular complexity index is 652. The van der Waals surface area contributed by atoms with Crippen molar-refractivity contribution in [1.82, 2.24) is 15.1 Å². The van der Waals surface area contributed by atoms with Gasteiger partial charge in [0.1, 0.15) is 5.75 Å². The second-order valence-corrected chi connectivity index (χ2v) is 6.28. The van der Waals surface area contributed by atoms with Gasteiger partial charge in [-0.15, -0.1) is 0 Å². The number of alkyl halides is 3. The molecular formula is C18H24F3N3O3. The van der Waals surface area contributed by atoms with E-state index in [1.54, 1.807) is 4.90 Å². The lowest BCUT2D eigenvalue weighted by Gasteiger charge is -2.22. The predicted octanol–water partition coefficient (Wildman–Crippen LogP) is 1.75. The molecule has 9 heteroatoms. The molecule has 1 saturated heterocycles. The number of halogens is 3. The fraction of sp³-hybridized carbons (Fsp3) is 0.556. The van der Waals surface area contributed by atoms with Gasteiger partial charge in [-0.1, -0.05) is 6.07 Å². The molecule has 0 unspecified atom stereocenters. The van der Waals surface area contributed by atoms with E-state index in [0.717, 1.165) is 12.1 Å². The summed E-state index contributed by atoms with van der Waals surface area (Å²) in [5.74, 6) is -0.330. The summed E-state index contributed by atoms with van der Waals surface area (Å²) >= 11 is 0. The molecule has 0 radical (unpaired) electrons. The van der Waals surface area contributed by atoms with Crippen LogP contribution < -0.4 is 10.1 Å². The third kappa shape index (κ3) is 6.74. The summed E-state index contributed by atoms with van der Waals surface area (Å²) in [5, 5.41) is 2.74. The number of hydrogen-bond donors (Lipinski definition) is 1. The van der Waals surface area contributed by atoms with E-state index in [4.69, 9.17) is 4.74 Å². The van der Waals surface area contributed by atoms with Crippen LogP contribution in [0.1, 0.15) is 18.9 Å². The number of amides is 2. The Morgan fingerprint density at radius 2 is 1.96 bits per heavy atom. The largest absolute Gasteiger partial charge is 0.484 e. The third-order valence-electron chi connectivity index (χ3n) is 4.21. The lowest BCUT2D eigenvalue weighted by Crippen LogP contribution is -2.40. The lowest BCUT2D eigenvalue weighted by atomic mass is 10.2. The number of nitrogens with zero attached hydrogens (tertiary/aromatic N) is 2. The van der Waals surface area contributed by atoms with Gasteiger partial charge in [-0.05, 0) is 31.5 Å². The first kappa shape index (κ1) is 21.0. The van der Waals surface area contributed by atoms with Crippen LogP contribution in [-0.2, 0) is 15.8 Å². The van der Waals surface area contributed by atoms with E-state index in [2.05, 4.69) is 5.32 Å². The molecule has 1 N–H and O–H groups in total. The first-order chi connectivity index (χ1) is 12.8. The van der Waals surface area contributed by atoms with Crippen LogP contribution in [0, 0.1) is 0 Å². The van der Waals surface area contributed by atoms with Crippen LogP contribution >= 0.6 is 0 Å². The van der Waals surface area contributed by atoms with E-state index < -0.39 is 11.7 Å². The predicted molar refractivity (Wildman–Crippen MR) is 93.3 cm³/mol. The van der Waals surface area contributed by atoms with Crippen LogP contribution in [0.4, 0.5) is 13.2 Å². The Hall–Kier alpha value is -2.29. The molecule has 1 aromatic rings. The topological polar surface area (TPSA) is 61.9 Å². The standard InChI is InChI=1S/C18H24F3N3O3/c1-2-22-16(25)12-23-7-4-8-24(10-9-23)17(26)13-27-15-6-3-5-14(11-15)18(19,20)21/h3,5-6,11H,2,4,7-10,12-13H2,1H3,(H,22,25). The maximum absolute atomic E-state index is 12.7. The van der Waals surface area contributed by atoms with Crippen LogP contribution in [0.15, 0.2) is 24.3 Å². The van der Waals surface area contributed by atoms with Gasteiger partial charge in [0.25, 0.3) is 5.91 Å². The van der Waals surface area contributed by atoms with Crippen LogP contribution in [0.5, 0.6) is 5.75 Å². The molecule has 0 atom stereocenters. The molecule has 1 fully saturated rings. The summed E-state index contributed by atoms with van der Waals surface area (Å²) in [7, 11) is 0. The van der Waals surface area contributed by atoms with Crippen molar-refractivity contribution >= 4 is 11.8 Å². The van der Waals surface area contributed by atoms with Crippen molar-refractivity contribution in [2.75, 3.05) is 45.9 Å². The Balaban J connectivity index is 1.83. The normalized spacial score (nSPS) is 15.9. The fourth-order valence-corrected chi connectivity index (χ4v) is 2.83. The molecule has 0 spiro atoms. The first-order valence-electron chi connectivity index (χ1n) is 8.86. The molecular weight excluding hydrogens is 363 g/mol. The van der Waals surface area contributed by atoms with Gasteiger partial charge in [-0.25, -0.2) is 0 Å². The second-order valence-electron chi connectivity index (χ2n) is 6.28. The molecule has 27 heavy (non-hydrogen) atoms. The summed E-state index contributed by atoms with van der Waals surface area (Å²) in [6, 6.07) is 4.46. The molecule has 0 aliphatic carbocycles. The Kier molecular flexibility index (Phi) is 7.46. The molecule has 6 nitrogen and oxygen atoms in total. The van der Waals surface area contributed by atoms with E-state index in [0.29, 0.717) is 39.1 Å². The summed E-state index contributed by atoms with van der Waals surface area (Å²) < 4.78 is 43.4. The van der Waals surface area contributed by atoms with Gasteiger partial charge in [0.15, 0.2) is 6.61 Å². The van der Waals surface area contributed by atoms with E-state index in [-0.39, 0.29) is 30.7 Å². The van der Waals surface area contributed by atoms with Crippen LogP contribution in [0.3, 0.4) is 0 Å². The van der Waals surface area contributed by atoms with E-state index >= 15 is 0 Å². The third-order valence-corrected chi connectivity index (χ3v) is 4.21. The van der Waals surface area contributed by atoms with Crippen molar-refractivity contribution in [1.29, 1.82) is 0 Å². The smallest absolute Gasteiger partial charge is 0.416 e. The molecule has 0 aromatic heterocycles. The number of likely N-dealkylation sites (N-methyl/N-ethyl adjacent to an activating group) is 1. The molecule has 1 aliphatic rings. The van der Waals surface area contributed by atoms with Crippen molar-refractivity contribution < 1.29 is 27.5 Å². The summed E-state index contributed by atoms with van der Waals surface area (Å²) in [4.78, 5) is 27.6. The number of rotatable bonds is 6. The fourth-order valence-electron chi connectivity index (χ4n) is 2.83.